The molecule has 1 aliphatic rings. The first kappa shape index (κ1) is 19.9. The summed E-state index contributed by atoms with van der Waals surface area (Å²) in [7, 11) is 0. The van der Waals surface area contributed by atoms with Crippen LogP contribution in [0.5, 0.6) is 0 Å². The Morgan fingerprint density at radius 2 is 2.00 bits per heavy atom. The Labute approximate surface area is 180 Å². The Morgan fingerprint density at radius 3 is 2.80 bits per heavy atom. The zero-order valence-corrected chi connectivity index (χ0v) is 17.0. The molecule has 4 rings (SSSR count). The molecule has 30 heavy (non-hydrogen) atoms. The molecule has 2 heterocycles. The first-order valence-electron chi connectivity index (χ1n) is 9.77. The van der Waals surface area contributed by atoms with Crippen LogP contribution in [-0.4, -0.2) is 29.0 Å². The summed E-state index contributed by atoms with van der Waals surface area (Å²) in [5.74, 6) is 0.483. The number of nitriles is 1. The fourth-order valence-electron chi connectivity index (χ4n) is 3.64. The van der Waals surface area contributed by atoms with Crippen LogP contribution in [0.3, 0.4) is 0 Å². The number of halogens is 1. The van der Waals surface area contributed by atoms with Gasteiger partial charge in [0.1, 0.15) is 18.2 Å². The SMILES string of the molecule is N#Cc1ccc(Cl)cc1NC(=O)C1CCCN(c2cc(-c3ccccc3)ncn2)C1. The van der Waals surface area contributed by atoms with Crippen molar-refractivity contribution in [2.45, 2.75) is 12.8 Å². The molecule has 1 fully saturated rings. The first-order valence-corrected chi connectivity index (χ1v) is 10.1. The molecule has 1 amide bonds. The molecule has 1 saturated heterocycles. The number of nitrogens with one attached hydrogen (secondary N) is 1. The number of carbonyl (C=O) groups excluding carboxylic acids is 1. The zero-order chi connectivity index (χ0) is 20.9. The topological polar surface area (TPSA) is 81.9 Å². The van der Waals surface area contributed by atoms with E-state index in [1.807, 2.05) is 36.4 Å². The van der Waals surface area contributed by atoms with Crippen molar-refractivity contribution in [1.29, 1.82) is 5.26 Å². The van der Waals surface area contributed by atoms with Crippen molar-refractivity contribution >= 4 is 29.0 Å². The molecule has 6 nitrogen and oxygen atoms in total. The van der Waals surface area contributed by atoms with Crippen LogP contribution in [0.4, 0.5) is 11.5 Å². The van der Waals surface area contributed by atoms with Crippen LogP contribution in [0.2, 0.25) is 5.02 Å². The maximum Gasteiger partial charge on any atom is 0.229 e. The molecule has 1 aliphatic heterocycles. The molecular formula is C23H20ClN5O. The lowest BCUT2D eigenvalue weighted by atomic mass is 9.96. The number of carbonyl (C=O) groups is 1. The highest BCUT2D eigenvalue weighted by Crippen LogP contribution is 2.27. The zero-order valence-electron chi connectivity index (χ0n) is 16.3. The second kappa shape index (κ2) is 8.93. The maximum atomic E-state index is 12.9. The Morgan fingerprint density at radius 1 is 1.17 bits per heavy atom. The van der Waals surface area contributed by atoms with Crippen LogP contribution in [-0.2, 0) is 4.79 Å². The van der Waals surface area contributed by atoms with Gasteiger partial charge in [-0.2, -0.15) is 5.26 Å². The molecule has 1 atom stereocenters. The number of rotatable bonds is 4. The monoisotopic (exact) mass is 417 g/mol. The standard InChI is InChI=1S/C23H20ClN5O/c24-19-9-8-17(13-25)21(11-19)28-23(30)18-7-4-10-29(14-18)22-12-20(26-15-27-22)16-5-2-1-3-6-16/h1-3,5-6,8-9,11-12,15,18H,4,7,10,14H2,(H,28,30). The van der Waals surface area contributed by atoms with E-state index >= 15 is 0 Å². The minimum Gasteiger partial charge on any atom is -0.356 e. The lowest BCUT2D eigenvalue weighted by Gasteiger charge is -2.33. The van der Waals surface area contributed by atoms with Gasteiger partial charge in [-0.3, -0.25) is 4.79 Å². The van der Waals surface area contributed by atoms with E-state index in [2.05, 4.69) is 26.3 Å². The highest BCUT2D eigenvalue weighted by Gasteiger charge is 2.27. The molecule has 0 spiro atoms. The van der Waals surface area contributed by atoms with Gasteiger partial charge < -0.3 is 10.2 Å². The average Bonchev–Trinajstić information content (AvgIpc) is 2.80. The third kappa shape index (κ3) is 4.42. The van der Waals surface area contributed by atoms with Crippen LogP contribution in [0, 0.1) is 17.2 Å². The summed E-state index contributed by atoms with van der Waals surface area (Å²) < 4.78 is 0. The second-order valence-electron chi connectivity index (χ2n) is 7.20. The molecule has 0 radical (unpaired) electrons. The van der Waals surface area contributed by atoms with Gasteiger partial charge in [0, 0.05) is 29.7 Å². The normalized spacial score (nSPS) is 16.0. The predicted molar refractivity (Wildman–Crippen MR) is 117 cm³/mol. The van der Waals surface area contributed by atoms with Gasteiger partial charge in [0.05, 0.1) is 22.9 Å². The van der Waals surface area contributed by atoms with Crippen molar-refractivity contribution in [2.24, 2.45) is 5.92 Å². The van der Waals surface area contributed by atoms with Gasteiger partial charge >= 0.3 is 0 Å². The lowest BCUT2D eigenvalue weighted by Crippen LogP contribution is -2.41. The molecule has 0 bridgehead atoms. The molecule has 1 N–H and O–H groups in total. The van der Waals surface area contributed by atoms with Crippen molar-refractivity contribution in [3.8, 4) is 17.3 Å². The molecule has 3 aromatic rings. The van der Waals surface area contributed by atoms with Gasteiger partial charge in [-0.25, -0.2) is 9.97 Å². The molecule has 1 unspecified atom stereocenters. The smallest absolute Gasteiger partial charge is 0.229 e. The first-order chi connectivity index (χ1) is 14.6. The third-order valence-corrected chi connectivity index (χ3v) is 5.43. The number of nitrogens with zero attached hydrogens (tertiary/aromatic N) is 4. The van der Waals surface area contributed by atoms with Gasteiger partial charge in [0.2, 0.25) is 5.91 Å². The fraction of sp³-hybridized carbons (Fsp3) is 0.217. The van der Waals surface area contributed by atoms with Crippen LogP contribution >= 0.6 is 11.6 Å². The van der Waals surface area contributed by atoms with Crippen LogP contribution in [0.15, 0.2) is 60.9 Å². The van der Waals surface area contributed by atoms with Crippen LogP contribution in [0.1, 0.15) is 18.4 Å². The fourth-order valence-corrected chi connectivity index (χ4v) is 3.81. The molecular weight excluding hydrogens is 398 g/mol. The van der Waals surface area contributed by atoms with Crippen LogP contribution in [0.25, 0.3) is 11.3 Å². The van der Waals surface area contributed by atoms with E-state index in [0.717, 1.165) is 36.5 Å². The van der Waals surface area contributed by atoms with Gasteiger partial charge in [-0.15, -0.1) is 0 Å². The average molecular weight is 418 g/mol. The van der Waals surface area contributed by atoms with Crippen molar-refractivity contribution in [3.05, 3.63) is 71.5 Å². The minimum absolute atomic E-state index is 0.115. The number of benzene rings is 2. The molecule has 0 aliphatic carbocycles. The Bertz CT molecular complexity index is 1100. The minimum atomic E-state index is -0.209. The quantitative estimate of drug-likeness (QED) is 0.674. The van der Waals surface area contributed by atoms with Crippen molar-refractivity contribution in [1.82, 2.24) is 9.97 Å². The highest BCUT2D eigenvalue weighted by atomic mass is 35.5. The van der Waals surface area contributed by atoms with Crippen molar-refractivity contribution in [3.63, 3.8) is 0 Å². The summed E-state index contributed by atoms with van der Waals surface area (Å²) in [6.07, 6.45) is 3.22. The van der Waals surface area contributed by atoms with Gasteiger partial charge in [-0.05, 0) is 31.0 Å². The van der Waals surface area contributed by atoms with E-state index in [1.165, 1.54) is 0 Å². The van der Waals surface area contributed by atoms with Crippen LogP contribution < -0.4 is 10.2 Å². The van der Waals surface area contributed by atoms with Gasteiger partial charge in [0.15, 0.2) is 0 Å². The molecule has 1 aromatic heterocycles. The summed E-state index contributed by atoms with van der Waals surface area (Å²) in [5, 5.41) is 12.6. The number of anilines is 2. The van der Waals surface area contributed by atoms with E-state index in [4.69, 9.17) is 11.6 Å². The van der Waals surface area contributed by atoms with Crippen molar-refractivity contribution < 1.29 is 4.79 Å². The predicted octanol–water partition coefficient (Wildman–Crippen LogP) is 4.52. The summed E-state index contributed by atoms with van der Waals surface area (Å²) in [5.41, 5.74) is 2.71. The van der Waals surface area contributed by atoms with Gasteiger partial charge in [0.25, 0.3) is 0 Å². The number of aromatic nitrogens is 2. The van der Waals surface area contributed by atoms with Crippen molar-refractivity contribution in [2.75, 3.05) is 23.3 Å². The Hall–Kier alpha value is -3.43. The number of hydrogen-bond acceptors (Lipinski definition) is 5. The summed E-state index contributed by atoms with van der Waals surface area (Å²) in [4.78, 5) is 23.8. The van der Waals surface area contributed by atoms with E-state index in [0.29, 0.717) is 22.8 Å². The summed E-state index contributed by atoms with van der Waals surface area (Å²) >= 11 is 6.03. The van der Waals surface area contributed by atoms with E-state index < -0.39 is 0 Å². The molecule has 0 saturated carbocycles. The largest absolute Gasteiger partial charge is 0.356 e. The molecule has 2 aromatic carbocycles. The highest BCUT2D eigenvalue weighted by molar-refractivity contribution is 6.31. The molecule has 150 valence electrons. The van der Waals surface area contributed by atoms with E-state index in [-0.39, 0.29) is 11.8 Å². The number of piperidine rings is 1. The summed E-state index contributed by atoms with van der Waals surface area (Å²) in [6.45, 7) is 1.38. The van der Waals surface area contributed by atoms with Gasteiger partial charge in [-0.1, -0.05) is 41.9 Å². The third-order valence-electron chi connectivity index (χ3n) is 5.20. The Balaban J connectivity index is 1.49. The summed E-state index contributed by atoms with van der Waals surface area (Å²) in [6, 6.07) is 18.8. The Kier molecular flexibility index (Phi) is 5.92. The second-order valence-corrected chi connectivity index (χ2v) is 7.64. The lowest BCUT2D eigenvalue weighted by molar-refractivity contribution is -0.120. The maximum absolute atomic E-state index is 12.9. The number of hydrogen-bond donors (Lipinski definition) is 1. The number of amides is 1. The molecule has 7 heteroatoms. The van der Waals surface area contributed by atoms with E-state index in [9.17, 15) is 10.1 Å². The van der Waals surface area contributed by atoms with E-state index in [1.54, 1.807) is 24.5 Å².